The molecule has 0 aromatic heterocycles. The van der Waals surface area contributed by atoms with Crippen LogP contribution in [0.3, 0.4) is 0 Å². The Bertz CT molecular complexity index is 452. The van der Waals surface area contributed by atoms with Crippen LogP contribution in [0.5, 0.6) is 5.75 Å². The predicted octanol–water partition coefficient (Wildman–Crippen LogP) is 3.55. The van der Waals surface area contributed by atoms with E-state index in [4.69, 9.17) is 22.1 Å². The molecule has 1 aromatic carbocycles. The van der Waals surface area contributed by atoms with E-state index in [1.54, 1.807) is 6.07 Å². The van der Waals surface area contributed by atoms with Crippen LogP contribution in [-0.2, 0) is 4.79 Å². The fourth-order valence-corrected chi connectivity index (χ4v) is 2.03. The maximum Gasteiger partial charge on any atom is 0.220 e. The first kappa shape index (κ1) is 21.0. The molecule has 4 nitrogen and oxygen atoms in total. The van der Waals surface area contributed by atoms with Crippen molar-refractivity contribution >= 4 is 29.9 Å². The summed E-state index contributed by atoms with van der Waals surface area (Å²) in [5.41, 5.74) is 5.84. The summed E-state index contributed by atoms with van der Waals surface area (Å²) in [5.74, 6) is 0.659. The van der Waals surface area contributed by atoms with Gasteiger partial charge < -0.3 is 15.8 Å². The van der Waals surface area contributed by atoms with Gasteiger partial charge in [-0.2, -0.15) is 0 Å². The highest BCUT2D eigenvalue weighted by Crippen LogP contribution is 2.23. The van der Waals surface area contributed by atoms with Crippen molar-refractivity contribution in [2.75, 3.05) is 13.2 Å². The summed E-state index contributed by atoms with van der Waals surface area (Å²) in [6, 6.07) is 7.31. The molecule has 0 saturated heterocycles. The van der Waals surface area contributed by atoms with E-state index in [1.807, 2.05) is 32.0 Å². The van der Waals surface area contributed by atoms with Crippen molar-refractivity contribution in [1.82, 2.24) is 5.32 Å². The monoisotopic (exact) mass is 348 g/mol. The number of benzene rings is 1. The van der Waals surface area contributed by atoms with Gasteiger partial charge in [-0.05, 0) is 31.4 Å². The van der Waals surface area contributed by atoms with E-state index in [2.05, 4.69) is 5.32 Å². The van der Waals surface area contributed by atoms with Crippen LogP contribution < -0.4 is 15.8 Å². The molecule has 0 aliphatic carbocycles. The SMILES string of the molecule is CCC(N)(CC)CNC(=O)CCCOc1ccccc1Cl.Cl. The van der Waals surface area contributed by atoms with Crippen LogP contribution in [0.1, 0.15) is 39.5 Å². The van der Waals surface area contributed by atoms with E-state index >= 15 is 0 Å². The topological polar surface area (TPSA) is 64.3 Å². The van der Waals surface area contributed by atoms with Crippen molar-refractivity contribution in [3.05, 3.63) is 29.3 Å². The summed E-state index contributed by atoms with van der Waals surface area (Å²) in [4.78, 5) is 11.8. The van der Waals surface area contributed by atoms with Crippen LogP contribution in [0.25, 0.3) is 0 Å². The van der Waals surface area contributed by atoms with Crippen molar-refractivity contribution in [1.29, 1.82) is 0 Å². The van der Waals surface area contributed by atoms with E-state index in [9.17, 15) is 4.79 Å². The number of hydrogen-bond donors (Lipinski definition) is 2. The largest absolute Gasteiger partial charge is 0.492 e. The fraction of sp³-hybridized carbons (Fsp3) is 0.562. The molecular formula is C16H26Cl2N2O2. The highest BCUT2D eigenvalue weighted by molar-refractivity contribution is 6.32. The molecule has 6 heteroatoms. The quantitative estimate of drug-likeness (QED) is 0.670. The molecule has 1 aromatic rings. The molecular weight excluding hydrogens is 323 g/mol. The molecule has 0 aliphatic heterocycles. The van der Waals surface area contributed by atoms with E-state index in [0.717, 1.165) is 12.8 Å². The number of carbonyl (C=O) groups is 1. The third-order valence-corrected chi connectivity index (χ3v) is 4.00. The summed E-state index contributed by atoms with van der Waals surface area (Å²) < 4.78 is 5.54. The second kappa shape index (κ2) is 10.7. The van der Waals surface area contributed by atoms with Crippen LogP contribution >= 0.6 is 24.0 Å². The average Bonchev–Trinajstić information content (AvgIpc) is 2.51. The van der Waals surface area contributed by atoms with Crippen LogP contribution in [0.2, 0.25) is 5.02 Å². The first-order chi connectivity index (χ1) is 10.0. The van der Waals surface area contributed by atoms with Gasteiger partial charge in [0.2, 0.25) is 5.91 Å². The van der Waals surface area contributed by atoms with Gasteiger partial charge >= 0.3 is 0 Å². The first-order valence-corrected chi connectivity index (χ1v) is 7.81. The van der Waals surface area contributed by atoms with Gasteiger partial charge in [0.15, 0.2) is 0 Å². The molecule has 22 heavy (non-hydrogen) atoms. The number of ether oxygens (including phenoxy) is 1. The molecule has 1 amide bonds. The molecule has 0 spiro atoms. The molecule has 1 rings (SSSR count). The van der Waals surface area contributed by atoms with Gasteiger partial charge in [0.25, 0.3) is 0 Å². The summed E-state index contributed by atoms with van der Waals surface area (Å²) in [6.07, 6.45) is 2.76. The number of nitrogens with one attached hydrogen (secondary N) is 1. The Kier molecular flexibility index (Phi) is 10.2. The third kappa shape index (κ3) is 7.34. The van der Waals surface area contributed by atoms with E-state index < -0.39 is 0 Å². The normalized spacial score (nSPS) is 10.7. The number of amides is 1. The Morgan fingerprint density at radius 3 is 2.55 bits per heavy atom. The minimum atomic E-state index is -0.302. The lowest BCUT2D eigenvalue weighted by molar-refractivity contribution is -0.121. The molecule has 0 heterocycles. The lowest BCUT2D eigenvalue weighted by Crippen LogP contribution is -2.49. The van der Waals surface area contributed by atoms with E-state index in [1.165, 1.54) is 0 Å². The maximum atomic E-state index is 11.8. The standard InChI is InChI=1S/C16H25ClN2O2.ClH/c1-3-16(18,4-2)12-19-15(20)10-7-11-21-14-9-6-5-8-13(14)17;/h5-6,8-9H,3-4,7,10-12,18H2,1-2H3,(H,19,20);1H. The summed E-state index contributed by atoms with van der Waals surface area (Å²) >= 11 is 5.98. The second-order valence-electron chi connectivity index (χ2n) is 5.23. The third-order valence-electron chi connectivity index (χ3n) is 3.69. The van der Waals surface area contributed by atoms with Gasteiger partial charge in [-0.15, -0.1) is 12.4 Å². The zero-order valence-corrected chi connectivity index (χ0v) is 14.8. The Balaban J connectivity index is 0.00000441. The minimum absolute atomic E-state index is 0. The fourth-order valence-electron chi connectivity index (χ4n) is 1.84. The van der Waals surface area contributed by atoms with Crippen molar-refractivity contribution in [3.63, 3.8) is 0 Å². The zero-order chi connectivity index (χ0) is 15.7. The number of carbonyl (C=O) groups excluding carboxylic acids is 1. The highest BCUT2D eigenvalue weighted by Gasteiger charge is 2.20. The van der Waals surface area contributed by atoms with Crippen molar-refractivity contribution < 1.29 is 9.53 Å². The first-order valence-electron chi connectivity index (χ1n) is 7.43. The molecule has 126 valence electrons. The minimum Gasteiger partial charge on any atom is -0.492 e. The maximum absolute atomic E-state index is 11.8. The predicted molar refractivity (Wildman–Crippen MR) is 93.9 cm³/mol. The molecule has 0 bridgehead atoms. The van der Waals surface area contributed by atoms with E-state index in [0.29, 0.717) is 36.8 Å². The molecule has 0 aliphatic rings. The number of halogens is 2. The summed E-state index contributed by atoms with van der Waals surface area (Å²) in [6.45, 7) is 5.05. The van der Waals surface area contributed by atoms with Crippen LogP contribution in [-0.4, -0.2) is 24.6 Å². The van der Waals surface area contributed by atoms with E-state index in [-0.39, 0.29) is 23.9 Å². The van der Waals surface area contributed by atoms with Gasteiger partial charge in [0.1, 0.15) is 5.75 Å². The summed E-state index contributed by atoms with van der Waals surface area (Å²) in [5, 5.41) is 3.47. The highest BCUT2D eigenvalue weighted by atomic mass is 35.5. The molecule has 0 fully saturated rings. The van der Waals surface area contributed by atoms with Gasteiger partial charge in [-0.25, -0.2) is 0 Å². The second-order valence-corrected chi connectivity index (χ2v) is 5.64. The zero-order valence-electron chi connectivity index (χ0n) is 13.2. The summed E-state index contributed by atoms with van der Waals surface area (Å²) in [7, 11) is 0. The molecule has 0 atom stereocenters. The number of rotatable bonds is 9. The van der Waals surface area contributed by atoms with Crippen molar-refractivity contribution in [2.45, 2.75) is 45.1 Å². The molecule has 0 radical (unpaired) electrons. The Morgan fingerprint density at radius 2 is 1.95 bits per heavy atom. The van der Waals surface area contributed by atoms with Crippen LogP contribution in [0.4, 0.5) is 0 Å². The lowest BCUT2D eigenvalue weighted by Gasteiger charge is -2.26. The molecule has 0 saturated carbocycles. The Labute approximate surface area is 144 Å². The van der Waals surface area contributed by atoms with Gasteiger partial charge in [-0.1, -0.05) is 37.6 Å². The van der Waals surface area contributed by atoms with Gasteiger partial charge in [0.05, 0.1) is 11.6 Å². The van der Waals surface area contributed by atoms with Crippen LogP contribution in [0.15, 0.2) is 24.3 Å². The van der Waals surface area contributed by atoms with Crippen LogP contribution in [0, 0.1) is 0 Å². The van der Waals surface area contributed by atoms with Crippen molar-refractivity contribution in [3.8, 4) is 5.75 Å². The smallest absolute Gasteiger partial charge is 0.220 e. The number of para-hydroxylation sites is 1. The average molecular weight is 349 g/mol. The lowest BCUT2D eigenvalue weighted by atomic mass is 9.94. The molecule has 3 N–H and O–H groups in total. The Morgan fingerprint density at radius 1 is 1.32 bits per heavy atom. The van der Waals surface area contributed by atoms with Crippen molar-refractivity contribution in [2.24, 2.45) is 5.73 Å². The number of nitrogens with two attached hydrogens (primary N) is 1. The van der Waals surface area contributed by atoms with Gasteiger partial charge in [-0.3, -0.25) is 4.79 Å². The van der Waals surface area contributed by atoms with Gasteiger partial charge in [0, 0.05) is 18.5 Å². The molecule has 0 unspecified atom stereocenters. The number of hydrogen-bond acceptors (Lipinski definition) is 3. The Hall–Kier alpha value is -0.970.